The molecule has 0 atom stereocenters. The molecule has 0 aliphatic rings. The first kappa shape index (κ1) is 27.2. The summed E-state index contributed by atoms with van der Waals surface area (Å²) in [4.78, 5) is 8.33. The van der Waals surface area contributed by atoms with Gasteiger partial charge in [-0.3, -0.25) is 0 Å². The average molecular weight is 500 g/mol. The monoisotopic (exact) mass is 499 g/mol. The SMILES string of the molecule is COCCn1c(CN(CCN(C)C)C(=S)NC(C)C)cnc1S(=O)(=O)Cc1ccc(F)cc1. The van der Waals surface area contributed by atoms with Crippen molar-refractivity contribution in [3.05, 3.63) is 47.5 Å². The second-order valence-corrected chi connectivity index (χ2v) is 10.7. The van der Waals surface area contributed by atoms with Crippen LogP contribution in [0.2, 0.25) is 0 Å². The fourth-order valence-corrected chi connectivity index (χ4v) is 5.07. The number of likely N-dealkylation sites (N-methyl/N-ethyl adjacent to an activating group) is 1. The molecule has 33 heavy (non-hydrogen) atoms. The van der Waals surface area contributed by atoms with Gasteiger partial charge in [0, 0.05) is 32.8 Å². The van der Waals surface area contributed by atoms with Gasteiger partial charge >= 0.3 is 0 Å². The molecule has 0 aliphatic carbocycles. The van der Waals surface area contributed by atoms with Crippen LogP contribution in [-0.2, 0) is 33.4 Å². The summed E-state index contributed by atoms with van der Waals surface area (Å²) in [5.41, 5.74) is 1.21. The summed E-state index contributed by atoms with van der Waals surface area (Å²) in [6, 6.07) is 5.60. The van der Waals surface area contributed by atoms with Gasteiger partial charge in [0.15, 0.2) is 5.11 Å². The zero-order chi connectivity index (χ0) is 24.6. The van der Waals surface area contributed by atoms with E-state index in [1.807, 2.05) is 32.8 Å². The number of imidazole rings is 1. The molecule has 0 aliphatic heterocycles. The summed E-state index contributed by atoms with van der Waals surface area (Å²) in [7, 11) is 1.77. The van der Waals surface area contributed by atoms with Gasteiger partial charge in [0.25, 0.3) is 0 Å². The molecular weight excluding hydrogens is 465 g/mol. The lowest BCUT2D eigenvalue weighted by Crippen LogP contribution is -2.45. The quantitative estimate of drug-likeness (QED) is 0.446. The first-order chi connectivity index (χ1) is 15.5. The van der Waals surface area contributed by atoms with Gasteiger partial charge in [-0.1, -0.05) is 12.1 Å². The minimum atomic E-state index is -3.77. The van der Waals surface area contributed by atoms with Crippen molar-refractivity contribution in [2.75, 3.05) is 40.9 Å². The molecular formula is C22H34FN5O3S2. The van der Waals surface area contributed by atoms with Crippen LogP contribution in [0.15, 0.2) is 35.6 Å². The van der Waals surface area contributed by atoms with Crippen molar-refractivity contribution < 1.29 is 17.5 Å². The van der Waals surface area contributed by atoms with Gasteiger partial charge in [0.05, 0.1) is 30.8 Å². The first-order valence-electron chi connectivity index (χ1n) is 10.7. The van der Waals surface area contributed by atoms with Crippen LogP contribution in [0.25, 0.3) is 0 Å². The van der Waals surface area contributed by atoms with Crippen LogP contribution in [0.5, 0.6) is 0 Å². The van der Waals surface area contributed by atoms with E-state index in [4.69, 9.17) is 17.0 Å². The van der Waals surface area contributed by atoms with Gasteiger partial charge in [-0.15, -0.1) is 0 Å². The van der Waals surface area contributed by atoms with Crippen LogP contribution in [0.4, 0.5) is 4.39 Å². The van der Waals surface area contributed by atoms with E-state index in [2.05, 4.69) is 15.2 Å². The van der Waals surface area contributed by atoms with Gasteiger partial charge in [-0.2, -0.15) is 0 Å². The maximum Gasteiger partial charge on any atom is 0.228 e. The highest BCUT2D eigenvalue weighted by atomic mass is 32.2. The third kappa shape index (κ3) is 8.33. The number of halogens is 1. The van der Waals surface area contributed by atoms with Crippen molar-refractivity contribution in [1.29, 1.82) is 0 Å². The Morgan fingerprint density at radius 1 is 1.24 bits per heavy atom. The number of nitrogens with one attached hydrogen (secondary N) is 1. The lowest BCUT2D eigenvalue weighted by molar-refractivity contribution is 0.182. The standard InChI is InChI=1S/C22H34FN5O3S2/c1-17(2)25-21(32)27(11-10-26(3)4)15-20-14-24-22(28(20)12-13-31-5)33(29,30)16-18-6-8-19(23)9-7-18/h6-9,14,17H,10-13,15-16H2,1-5H3,(H,25,32). The molecule has 0 unspecified atom stereocenters. The molecule has 0 saturated heterocycles. The predicted octanol–water partition coefficient (Wildman–Crippen LogP) is 2.29. The highest BCUT2D eigenvalue weighted by molar-refractivity contribution is 7.90. The molecule has 8 nitrogen and oxygen atoms in total. The number of sulfone groups is 1. The van der Waals surface area contributed by atoms with Crippen molar-refractivity contribution in [3.8, 4) is 0 Å². The van der Waals surface area contributed by atoms with Crippen molar-refractivity contribution in [3.63, 3.8) is 0 Å². The van der Waals surface area contributed by atoms with E-state index in [0.29, 0.717) is 36.9 Å². The Balaban J connectivity index is 2.35. The zero-order valence-corrected chi connectivity index (χ0v) is 21.5. The molecule has 1 aromatic heterocycles. The van der Waals surface area contributed by atoms with E-state index in [-0.39, 0.29) is 17.0 Å². The largest absolute Gasteiger partial charge is 0.383 e. The van der Waals surface area contributed by atoms with Gasteiger partial charge < -0.3 is 24.4 Å². The van der Waals surface area contributed by atoms with Crippen LogP contribution in [0.1, 0.15) is 25.1 Å². The number of benzene rings is 1. The lowest BCUT2D eigenvalue weighted by Gasteiger charge is -2.28. The van der Waals surface area contributed by atoms with Crippen LogP contribution < -0.4 is 5.32 Å². The minimum Gasteiger partial charge on any atom is -0.383 e. The third-order valence-electron chi connectivity index (χ3n) is 4.84. The van der Waals surface area contributed by atoms with E-state index in [1.165, 1.54) is 24.3 Å². The number of rotatable bonds is 12. The van der Waals surface area contributed by atoms with Crippen molar-refractivity contribution in [1.82, 2.24) is 24.7 Å². The van der Waals surface area contributed by atoms with Gasteiger partial charge in [0.2, 0.25) is 15.0 Å². The number of thiocarbonyl (C=S) groups is 1. The first-order valence-corrected chi connectivity index (χ1v) is 12.8. The lowest BCUT2D eigenvalue weighted by atomic mass is 10.2. The molecule has 1 heterocycles. The molecule has 11 heteroatoms. The Morgan fingerprint density at radius 2 is 1.91 bits per heavy atom. The number of nitrogens with zero attached hydrogens (tertiary/aromatic N) is 4. The zero-order valence-electron chi connectivity index (χ0n) is 19.9. The number of hydrogen-bond acceptors (Lipinski definition) is 6. The Hall–Kier alpha value is -2.08. The molecule has 2 aromatic rings. The van der Waals surface area contributed by atoms with Crippen LogP contribution in [0, 0.1) is 5.82 Å². The highest BCUT2D eigenvalue weighted by Gasteiger charge is 2.25. The smallest absolute Gasteiger partial charge is 0.228 e. The fourth-order valence-electron chi connectivity index (χ4n) is 3.16. The second kappa shape index (κ2) is 12.4. The summed E-state index contributed by atoms with van der Waals surface area (Å²) >= 11 is 5.60. The maximum absolute atomic E-state index is 13.2. The summed E-state index contributed by atoms with van der Waals surface area (Å²) in [6.45, 7) is 6.53. The number of ether oxygens (including phenoxy) is 1. The Morgan fingerprint density at radius 3 is 2.48 bits per heavy atom. The van der Waals surface area contributed by atoms with Crippen molar-refractivity contribution in [2.24, 2.45) is 0 Å². The normalized spacial score (nSPS) is 11.9. The highest BCUT2D eigenvalue weighted by Crippen LogP contribution is 2.19. The van der Waals surface area contributed by atoms with E-state index < -0.39 is 15.7 Å². The molecule has 1 aromatic carbocycles. The van der Waals surface area contributed by atoms with Crippen LogP contribution in [0.3, 0.4) is 0 Å². The van der Waals surface area contributed by atoms with E-state index >= 15 is 0 Å². The average Bonchev–Trinajstić information content (AvgIpc) is 3.13. The Bertz CT molecular complexity index is 1010. The third-order valence-corrected chi connectivity index (χ3v) is 6.81. The molecule has 0 spiro atoms. The van der Waals surface area contributed by atoms with Gasteiger partial charge in [-0.05, 0) is 57.9 Å². The topological polar surface area (TPSA) is 79.7 Å². The molecule has 0 radical (unpaired) electrons. The van der Waals surface area contributed by atoms with Crippen molar-refractivity contribution in [2.45, 2.75) is 43.9 Å². The fraction of sp³-hybridized carbons (Fsp3) is 0.545. The number of methoxy groups -OCH3 is 1. The van der Waals surface area contributed by atoms with Gasteiger partial charge in [-0.25, -0.2) is 17.8 Å². The molecule has 0 bridgehead atoms. The van der Waals surface area contributed by atoms with Gasteiger partial charge in [0.1, 0.15) is 5.82 Å². The minimum absolute atomic E-state index is 0.0332. The van der Waals surface area contributed by atoms with Crippen LogP contribution >= 0.6 is 12.2 Å². The van der Waals surface area contributed by atoms with E-state index in [9.17, 15) is 12.8 Å². The van der Waals surface area contributed by atoms with E-state index in [1.54, 1.807) is 17.9 Å². The summed E-state index contributed by atoms with van der Waals surface area (Å²) < 4.78 is 46.5. The molecule has 2 rings (SSSR count). The second-order valence-electron chi connectivity index (χ2n) is 8.39. The molecule has 1 N–H and O–H groups in total. The molecule has 0 fully saturated rings. The molecule has 0 saturated carbocycles. The predicted molar refractivity (Wildman–Crippen MR) is 131 cm³/mol. The summed E-state index contributed by atoms with van der Waals surface area (Å²) in [5.74, 6) is -0.683. The number of aromatic nitrogens is 2. The number of hydrogen-bond donors (Lipinski definition) is 1. The maximum atomic E-state index is 13.2. The molecule has 184 valence electrons. The Labute approximate surface area is 201 Å². The Kier molecular flexibility index (Phi) is 10.2. The van der Waals surface area contributed by atoms with E-state index in [0.717, 1.165) is 12.2 Å². The van der Waals surface area contributed by atoms with Crippen molar-refractivity contribution >= 4 is 27.2 Å². The van der Waals surface area contributed by atoms with Crippen LogP contribution in [-0.4, -0.2) is 79.8 Å². The summed E-state index contributed by atoms with van der Waals surface area (Å²) in [6.07, 6.45) is 1.58. The summed E-state index contributed by atoms with van der Waals surface area (Å²) in [5, 5.41) is 3.83. The molecule has 0 amide bonds.